The van der Waals surface area contributed by atoms with Crippen LogP contribution in [0, 0.1) is 64.6 Å². The predicted molar refractivity (Wildman–Crippen MR) is 322 cm³/mol. The number of hydrogen-bond acceptors (Lipinski definition) is 13. The van der Waals surface area contributed by atoms with Gasteiger partial charge in [0.25, 0.3) is 5.91 Å². The second-order valence-corrected chi connectivity index (χ2v) is 26.9. The van der Waals surface area contributed by atoms with Crippen LogP contribution in [-0.2, 0) is 62.4 Å². The van der Waals surface area contributed by atoms with E-state index in [0.717, 1.165) is 9.96 Å². The Hall–Kier alpha value is -5.66. The van der Waals surface area contributed by atoms with Crippen LogP contribution in [0.25, 0.3) is 0 Å². The van der Waals surface area contributed by atoms with E-state index in [2.05, 4.69) is 10.6 Å². The summed E-state index contributed by atoms with van der Waals surface area (Å²) in [5.41, 5.74) is -1.48. The van der Waals surface area contributed by atoms with Gasteiger partial charge in [-0.05, 0) is 81.5 Å². The molecular weight excluding hydrogens is 1070 g/mol. The summed E-state index contributed by atoms with van der Waals surface area (Å²) in [6, 6.07) is -8.15. The average Bonchev–Trinajstić information content (AvgIpc) is 2.34. The molecule has 2 N–H and O–H groups in total. The van der Waals surface area contributed by atoms with Crippen molar-refractivity contribution in [3.63, 3.8) is 0 Å². The highest BCUT2D eigenvalue weighted by Crippen LogP contribution is 2.35. The number of hydrogen-bond donors (Lipinski definition) is 2. The molecule has 0 aromatic heterocycles. The smallest absolute Gasteiger partial charge is 0.270 e. The Morgan fingerprint density at radius 1 is 0.571 bits per heavy atom. The van der Waals surface area contributed by atoms with Gasteiger partial charge in [0.2, 0.25) is 35.4 Å². The zero-order valence-corrected chi connectivity index (χ0v) is 55.0. The van der Waals surface area contributed by atoms with Crippen molar-refractivity contribution in [1.82, 2.24) is 35.3 Å². The number of fused-ring (bicyclic) bond motifs is 1. The number of Topliss-reactive ketones (excluding diaryl/α,β-unsaturated/α-hetero) is 4. The predicted octanol–water partition coefficient (Wildman–Crippen LogP) is 6.84. The Morgan fingerprint density at radius 2 is 1.08 bits per heavy atom. The molecule has 0 radical (unpaired) electrons. The van der Waals surface area contributed by atoms with Crippen molar-refractivity contribution in [2.45, 2.75) is 231 Å². The molecule has 1 unspecified atom stereocenters. The zero-order valence-electron chi connectivity index (χ0n) is 55.0. The Balaban J connectivity index is 2.92. The van der Waals surface area contributed by atoms with Gasteiger partial charge in [-0.25, -0.2) is 5.06 Å². The maximum atomic E-state index is 15.0. The van der Waals surface area contributed by atoms with Gasteiger partial charge in [0.05, 0.1) is 18.1 Å². The largest absolute Gasteiger partial charge is 0.344 e. The molecule has 0 bridgehead atoms. The van der Waals surface area contributed by atoms with E-state index in [9.17, 15) is 57.5 Å². The Labute approximate surface area is 502 Å². The fraction of sp³-hybridized carbons (Fsp3) is 0.781. The quantitative estimate of drug-likeness (QED) is 0.134. The van der Waals surface area contributed by atoms with Crippen LogP contribution in [0.3, 0.4) is 0 Å². The number of carbonyl (C=O) groups excluding carboxylic acids is 12. The van der Waals surface area contributed by atoms with Gasteiger partial charge in [0.15, 0.2) is 29.2 Å². The molecule has 2 heterocycles. The standard InChI is InChI=1S/C64H107N7O13/c1-23-25-26-40(13)55-54-58(78)66-46(24-2)49(73)31-42(15)59(79)70(22)56(64(17,18)34-72)52(76)33-45(38(9)10)62(82)68(20)47(28-36(5)6)50(74)30-41(14)57(77)65-43(16)60(80)67(19)48(29-37(7)8)51(75)32-44(27-35(3)4)61(81)69(21)53(39(11)12)63(83)71(54)84-55/h23,25,34-48,53-56H,24,26-33H2,1-22H3,(H,65,77)(H,66,78)/b25-23+/t40-,41-,42+,43-,44-,45+,46+,47+,48+,53+,54+,55?,56-/m1/s1. The van der Waals surface area contributed by atoms with Crippen molar-refractivity contribution < 1.29 is 62.4 Å². The van der Waals surface area contributed by atoms with Crippen LogP contribution in [0.4, 0.5) is 0 Å². The lowest BCUT2D eigenvalue weighted by Gasteiger charge is -2.50. The number of aldehydes is 1. The highest BCUT2D eigenvalue weighted by molar-refractivity contribution is 6.00. The third-order valence-electron chi connectivity index (χ3n) is 16.9. The summed E-state index contributed by atoms with van der Waals surface area (Å²) in [4.78, 5) is 184. The van der Waals surface area contributed by atoms with Gasteiger partial charge in [-0.3, -0.25) is 57.6 Å². The molecule has 2 aliphatic rings. The van der Waals surface area contributed by atoms with Crippen molar-refractivity contribution in [3.05, 3.63) is 12.2 Å². The van der Waals surface area contributed by atoms with Gasteiger partial charge in [-0.15, -0.1) is 0 Å². The molecule has 2 aliphatic heterocycles. The number of allylic oxidation sites excluding steroid dienone is 2. The molecule has 2 rings (SSSR count). The van der Waals surface area contributed by atoms with E-state index in [1.165, 1.54) is 77.5 Å². The SMILES string of the molecule is C/C=C/C[C@@H](C)C1ON2C(=O)[C@H](C(C)C)N(C)C(=O)[C@H](CC(C)C)CC(=O)[C@H](CC(C)C)N(C)C(=O)[C@@H](C)NC(=O)[C@H](C)CC(=O)[C@H](CC(C)C)N(C)C(=O)[C@H](C(C)C)CC(=O)[C@H](C(C)(C)C=O)N(C)C(=O)[C@@H](C)CC(=O)[C@H](CC)NC(=O)[C@H]12. The lowest BCUT2D eigenvalue weighted by molar-refractivity contribution is -0.321. The summed E-state index contributed by atoms with van der Waals surface area (Å²) >= 11 is 0. The molecule has 0 aromatic carbocycles. The Morgan fingerprint density at radius 3 is 1.56 bits per heavy atom. The fourth-order valence-corrected chi connectivity index (χ4v) is 11.9. The first-order chi connectivity index (χ1) is 38.8. The van der Waals surface area contributed by atoms with E-state index >= 15 is 0 Å². The molecule has 84 heavy (non-hydrogen) atoms. The lowest BCUT2D eigenvalue weighted by Crippen LogP contribution is -2.71. The highest BCUT2D eigenvalue weighted by Gasteiger charge is 2.54. The van der Waals surface area contributed by atoms with Crippen molar-refractivity contribution in [2.75, 3.05) is 28.2 Å². The number of nitrogens with zero attached hydrogens (tertiary/aromatic N) is 5. The molecule has 476 valence electrons. The third-order valence-corrected chi connectivity index (χ3v) is 16.9. The summed E-state index contributed by atoms with van der Waals surface area (Å²) < 4.78 is 0. The fourth-order valence-electron chi connectivity index (χ4n) is 11.9. The van der Waals surface area contributed by atoms with Crippen LogP contribution in [0.15, 0.2) is 12.2 Å². The normalized spacial score (nSPS) is 29.2. The maximum absolute atomic E-state index is 15.0. The number of hydroxylamine groups is 2. The minimum Gasteiger partial charge on any atom is -0.344 e. The molecule has 7 amide bonds. The van der Waals surface area contributed by atoms with Gasteiger partial charge in [0.1, 0.15) is 30.5 Å². The van der Waals surface area contributed by atoms with Crippen LogP contribution >= 0.6 is 0 Å². The molecule has 2 fully saturated rings. The van der Waals surface area contributed by atoms with Crippen LogP contribution in [0.2, 0.25) is 0 Å². The van der Waals surface area contributed by atoms with Crippen LogP contribution in [0.5, 0.6) is 0 Å². The Kier molecular flexibility index (Phi) is 29.0. The lowest BCUT2D eigenvalue weighted by atomic mass is 9.77. The number of amides is 7. The van der Waals surface area contributed by atoms with Crippen molar-refractivity contribution in [1.29, 1.82) is 0 Å². The number of nitrogens with one attached hydrogen (secondary N) is 2. The average molecular weight is 1180 g/mol. The van der Waals surface area contributed by atoms with Crippen LogP contribution < -0.4 is 10.6 Å². The second kappa shape index (κ2) is 32.7. The van der Waals surface area contributed by atoms with Crippen molar-refractivity contribution in [2.24, 2.45) is 64.6 Å². The van der Waals surface area contributed by atoms with Crippen molar-refractivity contribution >= 4 is 70.8 Å². The molecular formula is C64H107N7O13. The Bertz CT molecular complexity index is 2380. The first-order valence-electron chi connectivity index (χ1n) is 30.7. The second-order valence-electron chi connectivity index (χ2n) is 26.9. The van der Waals surface area contributed by atoms with E-state index in [1.807, 2.05) is 67.5 Å². The van der Waals surface area contributed by atoms with Gasteiger partial charge >= 0.3 is 0 Å². The number of carbonyl (C=O) groups is 12. The molecule has 20 heteroatoms. The summed E-state index contributed by atoms with van der Waals surface area (Å²) in [5, 5.41) is 6.53. The van der Waals surface area contributed by atoms with Gasteiger partial charge < -0.3 is 35.0 Å². The zero-order chi connectivity index (χ0) is 64.7. The molecule has 2 saturated heterocycles. The number of likely N-dealkylation sites (N-methyl/N-ethyl adjacent to an activating group) is 4. The van der Waals surface area contributed by atoms with E-state index in [0.29, 0.717) is 12.7 Å². The van der Waals surface area contributed by atoms with E-state index in [-0.39, 0.29) is 68.6 Å². The summed E-state index contributed by atoms with van der Waals surface area (Å²) in [6.07, 6.45) is 3.38. The maximum Gasteiger partial charge on any atom is 0.270 e. The first kappa shape index (κ1) is 74.4. The van der Waals surface area contributed by atoms with Gasteiger partial charge in [0, 0.05) is 83.0 Å². The molecule has 0 aliphatic carbocycles. The van der Waals surface area contributed by atoms with E-state index in [4.69, 9.17) is 4.84 Å². The summed E-state index contributed by atoms with van der Waals surface area (Å²) in [5.74, 6) is -11.8. The number of rotatable bonds is 14. The van der Waals surface area contributed by atoms with Gasteiger partial charge in [-0.2, -0.15) is 0 Å². The molecule has 0 saturated carbocycles. The molecule has 13 atom stereocenters. The minimum absolute atomic E-state index is 0.0849. The van der Waals surface area contributed by atoms with Crippen LogP contribution in [0.1, 0.15) is 182 Å². The van der Waals surface area contributed by atoms with Crippen LogP contribution in [-0.4, -0.2) is 172 Å². The summed E-state index contributed by atoms with van der Waals surface area (Å²) in [6.45, 7) is 31.3. The highest BCUT2D eigenvalue weighted by atomic mass is 16.7. The minimum atomic E-state index is -1.48. The molecule has 0 spiro atoms. The first-order valence-corrected chi connectivity index (χ1v) is 30.7. The summed E-state index contributed by atoms with van der Waals surface area (Å²) in [7, 11) is 5.80. The topological polar surface area (TPSA) is 254 Å². The monoisotopic (exact) mass is 1180 g/mol. The van der Waals surface area contributed by atoms with E-state index in [1.54, 1.807) is 34.6 Å². The van der Waals surface area contributed by atoms with Crippen molar-refractivity contribution in [3.8, 4) is 0 Å². The number of ketones is 4. The molecule has 20 nitrogen and oxygen atoms in total. The third kappa shape index (κ3) is 19.4. The van der Waals surface area contributed by atoms with Gasteiger partial charge in [-0.1, -0.05) is 123 Å². The molecule has 0 aromatic rings. The van der Waals surface area contributed by atoms with E-state index < -0.39 is 160 Å².